The van der Waals surface area contributed by atoms with Crippen LogP contribution in [0.2, 0.25) is 0 Å². The van der Waals surface area contributed by atoms with Gasteiger partial charge in [0.15, 0.2) is 0 Å². The van der Waals surface area contributed by atoms with Gasteiger partial charge in [0.25, 0.3) is 0 Å². The lowest BCUT2D eigenvalue weighted by Crippen LogP contribution is -1.81. The first-order valence-corrected chi connectivity index (χ1v) is 4.47. The smallest absolute Gasteiger partial charge is 0.104 e. The van der Waals surface area contributed by atoms with Crippen LogP contribution in [-0.2, 0) is 0 Å². The predicted molar refractivity (Wildman–Crippen MR) is 55.1 cm³/mol. The van der Waals surface area contributed by atoms with Gasteiger partial charge in [0.2, 0.25) is 0 Å². The highest BCUT2D eigenvalue weighted by molar-refractivity contribution is 5.51. The van der Waals surface area contributed by atoms with Gasteiger partial charge in [0, 0.05) is 5.57 Å². The summed E-state index contributed by atoms with van der Waals surface area (Å²) >= 11 is 0. The molecule has 0 saturated carbocycles. The van der Waals surface area contributed by atoms with Crippen molar-refractivity contribution >= 4 is 0 Å². The lowest BCUT2D eigenvalue weighted by Gasteiger charge is -1.93. The largest absolute Gasteiger partial charge is 0.384 e. The van der Waals surface area contributed by atoms with Gasteiger partial charge in [-0.3, -0.25) is 0 Å². The molecule has 2 nitrogen and oxygen atoms in total. The van der Waals surface area contributed by atoms with E-state index in [0.29, 0.717) is 0 Å². The molecule has 0 unspecified atom stereocenters. The SMILES string of the molecule is OCC#CC=C1CCC=C1C#CCO. The van der Waals surface area contributed by atoms with Crippen molar-refractivity contribution in [1.82, 2.24) is 0 Å². The van der Waals surface area contributed by atoms with Gasteiger partial charge in [-0.05, 0) is 24.5 Å². The van der Waals surface area contributed by atoms with Crippen molar-refractivity contribution in [2.45, 2.75) is 12.8 Å². The van der Waals surface area contributed by atoms with Gasteiger partial charge in [0.05, 0.1) is 0 Å². The highest BCUT2D eigenvalue weighted by Crippen LogP contribution is 2.23. The molecule has 0 fully saturated rings. The summed E-state index contributed by atoms with van der Waals surface area (Å²) in [5.41, 5.74) is 2.04. The molecule has 0 spiro atoms. The average Bonchev–Trinajstić information content (AvgIpc) is 2.63. The van der Waals surface area contributed by atoms with Crippen molar-refractivity contribution in [2.24, 2.45) is 0 Å². The first kappa shape index (κ1) is 10.6. The second-order valence-electron chi connectivity index (χ2n) is 2.77. The van der Waals surface area contributed by atoms with Crippen molar-refractivity contribution in [3.63, 3.8) is 0 Å². The summed E-state index contributed by atoms with van der Waals surface area (Å²) in [6.45, 7) is -0.238. The minimum absolute atomic E-state index is 0.118. The Bertz CT molecular complexity index is 367. The maximum atomic E-state index is 8.55. The molecule has 0 bridgehead atoms. The number of hydrogen-bond acceptors (Lipinski definition) is 2. The zero-order chi connectivity index (χ0) is 10.2. The fourth-order valence-electron chi connectivity index (χ4n) is 1.24. The maximum absolute atomic E-state index is 8.55. The number of hydrogen-bond donors (Lipinski definition) is 2. The Morgan fingerprint density at radius 1 is 1.29 bits per heavy atom. The molecule has 0 aliphatic heterocycles. The van der Waals surface area contributed by atoms with Crippen molar-refractivity contribution < 1.29 is 10.2 Å². The molecule has 2 N–H and O–H groups in total. The summed E-state index contributed by atoms with van der Waals surface area (Å²) < 4.78 is 0. The molecule has 0 aromatic heterocycles. The Hall–Kier alpha value is -1.48. The van der Waals surface area contributed by atoms with Crippen LogP contribution in [0.15, 0.2) is 23.3 Å². The van der Waals surface area contributed by atoms with Crippen LogP contribution in [0.25, 0.3) is 0 Å². The minimum atomic E-state index is -0.120. The predicted octanol–water partition coefficient (Wildman–Crippen LogP) is 0.624. The molecule has 0 heterocycles. The molecule has 1 aliphatic carbocycles. The van der Waals surface area contributed by atoms with Crippen LogP contribution in [0.1, 0.15) is 12.8 Å². The average molecular weight is 188 g/mol. The molecule has 1 aliphatic rings. The fourth-order valence-corrected chi connectivity index (χ4v) is 1.24. The van der Waals surface area contributed by atoms with Crippen LogP contribution >= 0.6 is 0 Å². The molecule has 0 aromatic rings. The molecule has 0 atom stereocenters. The van der Waals surface area contributed by atoms with Gasteiger partial charge in [0.1, 0.15) is 13.2 Å². The van der Waals surface area contributed by atoms with Gasteiger partial charge >= 0.3 is 0 Å². The molecule has 2 heteroatoms. The lowest BCUT2D eigenvalue weighted by molar-refractivity contribution is 0.350. The van der Waals surface area contributed by atoms with E-state index in [4.69, 9.17) is 10.2 Å². The number of aliphatic hydroxyl groups is 2. The van der Waals surface area contributed by atoms with Crippen LogP contribution in [0, 0.1) is 23.7 Å². The molecule has 1 rings (SSSR count). The monoisotopic (exact) mass is 188 g/mol. The standard InChI is InChI=1S/C12H12O2/c13-9-2-1-5-11-6-3-7-12(11)8-4-10-14/h5,7,13-14H,3,6,9-10H2. The topological polar surface area (TPSA) is 40.5 Å². The third-order valence-corrected chi connectivity index (χ3v) is 1.84. The Labute approximate surface area is 84.0 Å². The maximum Gasteiger partial charge on any atom is 0.104 e. The Morgan fingerprint density at radius 2 is 2.07 bits per heavy atom. The van der Waals surface area contributed by atoms with Crippen molar-refractivity contribution in [3.05, 3.63) is 23.3 Å². The van der Waals surface area contributed by atoms with E-state index in [1.54, 1.807) is 6.08 Å². The van der Waals surface area contributed by atoms with Crippen molar-refractivity contribution in [3.8, 4) is 23.7 Å². The second-order valence-corrected chi connectivity index (χ2v) is 2.77. The molecule has 0 saturated heterocycles. The summed E-state index contributed by atoms with van der Waals surface area (Å²) in [5.74, 6) is 10.8. The fraction of sp³-hybridized carbons (Fsp3) is 0.333. The second kappa shape index (κ2) is 6.05. The molecule has 0 radical (unpaired) electrons. The first-order valence-electron chi connectivity index (χ1n) is 4.47. The summed E-state index contributed by atoms with van der Waals surface area (Å²) in [6.07, 6.45) is 5.73. The Kier molecular flexibility index (Phi) is 4.58. The lowest BCUT2D eigenvalue weighted by atomic mass is 10.1. The van der Waals surface area contributed by atoms with E-state index in [2.05, 4.69) is 23.7 Å². The quantitative estimate of drug-likeness (QED) is 0.547. The van der Waals surface area contributed by atoms with E-state index in [0.717, 1.165) is 24.0 Å². The highest BCUT2D eigenvalue weighted by atomic mass is 16.3. The molecule has 72 valence electrons. The summed E-state index contributed by atoms with van der Waals surface area (Å²) in [4.78, 5) is 0. The molecular weight excluding hydrogens is 176 g/mol. The minimum Gasteiger partial charge on any atom is -0.384 e. The van der Waals surface area contributed by atoms with Gasteiger partial charge in [-0.2, -0.15) is 0 Å². The van der Waals surface area contributed by atoms with Crippen molar-refractivity contribution in [2.75, 3.05) is 13.2 Å². The third kappa shape index (κ3) is 3.11. The summed E-state index contributed by atoms with van der Waals surface area (Å²) in [5, 5.41) is 17.0. The molecular formula is C12H12O2. The normalized spacial score (nSPS) is 16.7. The van der Waals surface area contributed by atoms with Crippen LogP contribution in [0.5, 0.6) is 0 Å². The van der Waals surface area contributed by atoms with Gasteiger partial charge in [-0.25, -0.2) is 0 Å². The van der Waals surface area contributed by atoms with Gasteiger partial charge in [-0.1, -0.05) is 29.8 Å². The van der Waals surface area contributed by atoms with E-state index in [-0.39, 0.29) is 13.2 Å². The zero-order valence-corrected chi connectivity index (χ0v) is 7.88. The molecule has 0 amide bonds. The Balaban J connectivity index is 2.72. The van der Waals surface area contributed by atoms with Crippen LogP contribution in [-0.4, -0.2) is 23.4 Å². The molecule has 14 heavy (non-hydrogen) atoms. The molecule has 0 aromatic carbocycles. The number of rotatable bonds is 0. The highest BCUT2D eigenvalue weighted by Gasteiger charge is 2.07. The Morgan fingerprint density at radius 3 is 2.79 bits per heavy atom. The summed E-state index contributed by atoms with van der Waals surface area (Å²) in [6, 6.07) is 0. The first-order chi connectivity index (χ1) is 6.88. The van der Waals surface area contributed by atoms with Crippen LogP contribution in [0.4, 0.5) is 0 Å². The zero-order valence-electron chi connectivity index (χ0n) is 7.88. The van der Waals surface area contributed by atoms with E-state index in [1.807, 2.05) is 6.08 Å². The van der Waals surface area contributed by atoms with Crippen molar-refractivity contribution in [1.29, 1.82) is 0 Å². The van der Waals surface area contributed by atoms with Gasteiger partial charge in [-0.15, -0.1) is 0 Å². The third-order valence-electron chi connectivity index (χ3n) is 1.84. The van der Waals surface area contributed by atoms with Gasteiger partial charge < -0.3 is 10.2 Å². The van der Waals surface area contributed by atoms with E-state index in [1.165, 1.54) is 0 Å². The number of aliphatic hydroxyl groups excluding tert-OH is 2. The van der Waals surface area contributed by atoms with E-state index < -0.39 is 0 Å². The van der Waals surface area contributed by atoms with E-state index >= 15 is 0 Å². The summed E-state index contributed by atoms with van der Waals surface area (Å²) in [7, 11) is 0. The van der Waals surface area contributed by atoms with E-state index in [9.17, 15) is 0 Å². The number of allylic oxidation sites excluding steroid dienone is 4. The van der Waals surface area contributed by atoms with Crippen LogP contribution in [0.3, 0.4) is 0 Å². The van der Waals surface area contributed by atoms with Crippen LogP contribution < -0.4 is 0 Å².